The summed E-state index contributed by atoms with van der Waals surface area (Å²) in [4.78, 5) is 47.8. The maximum absolute atomic E-state index is 12.8. The molecule has 7 atom stereocenters. The van der Waals surface area contributed by atoms with Gasteiger partial charge in [-0.2, -0.15) is 0 Å². The van der Waals surface area contributed by atoms with Gasteiger partial charge in [0.2, 0.25) is 0 Å². The van der Waals surface area contributed by atoms with E-state index in [9.17, 15) is 39.2 Å². The number of ether oxygens (including phenoxy) is 2. The van der Waals surface area contributed by atoms with Crippen molar-refractivity contribution in [3.8, 4) is 0 Å². The third-order valence-corrected chi connectivity index (χ3v) is 10.9. The largest absolute Gasteiger partial charge is 0.472 e. The van der Waals surface area contributed by atoms with Crippen LogP contribution in [0, 0.1) is 11.8 Å². The lowest BCUT2D eigenvalue weighted by Gasteiger charge is -2.20. The van der Waals surface area contributed by atoms with E-state index in [4.69, 9.17) is 24.3 Å². The van der Waals surface area contributed by atoms with Crippen LogP contribution in [0.2, 0.25) is 0 Å². The second-order valence-corrected chi connectivity index (χ2v) is 16.3. The Hall–Kier alpha value is -1.70. The van der Waals surface area contributed by atoms with Gasteiger partial charge in [0.25, 0.3) is 0 Å². The normalized spacial score (nSPS) is 20.9. The fraction of sp³-hybridized carbons (Fsp3) is 0.875. The lowest BCUT2D eigenvalue weighted by atomic mass is 9.87. The maximum atomic E-state index is 12.8. The van der Waals surface area contributed by atoms with Crippen LogP contribution in [0.4, 0.5) is 0 Å². The summed E-state index contributed by atoms with van der Waals surface area (Å²) in [5.74, 6) is -2.12. The summed E-state index contributed by atoms with van der Waals surface area (Å²) in [6, 6.07) is 0. The van der Waals surface area contributed by atoms with Gasteiger partial charge in [0.15, 0.2) is 6.10 Å². The van der Waals surface area contributed by atoms with Crippen LogP contribution in [-0.4, -0.2) is 88.7 Å². The molecule has 1 fully saturated rings. The molecule has 0 aromatic carbocycles. The number of carbonyl (C=O) groups excluding carboxylic acids is 3. The Balaban J connectivity index is 2.47. The lowest BCUT2D eigenvalue weighted by molar-refractivity contribution is -0.161. The number of Topliss-reactive ketones (excluding diaryl/α,β-unsaturated/α-hetero) is 1. The molecule has 0 aromatic heterocycles. The number of aliphatic hydroxyl groups is 3. The summed E-state index contributed by atoms with van der Waals surface area (Å²) in [6.07, 6.45) is 18.8. The van der Waals surface area contributed by atoms with E-state index in [1.807, 2.05) is 0 Å². The molecule has 13 nitrogen and oxygen atoms in total. The van der Waals surface area contributed by atoms with E-state index in [1.165, 1.54) is 51.4 Å². The molecule has 0 heterocycles. The van der Waals surface area contributed by atoms with Crippen LogP contribution in [0.25, 0.3) is 0 Å². The van der Waals surface area contributed by atoms with Crippen LogP contribution in [0.1, 0.15) is 162 Å². The summed E-state index contributed by atoms with van der Waals surface area (Å²) >= 11 is 0. The first kappa shape index (κ1) is 50.3. The number of rotatable bonds is 35. The fourth-order valence-corrected chi connectivity index (χ4v) is 7.45. The number of unbranched alkanes of at least 4 members (excludes halogenated alkanes) is 14. The Morgan fingerprint density at radius 3 is 1.94 bits per heavy atom. The van der Waals surface area contributed by atoms with Crippen LogP contribution in [0.5, 0.6) is 0 Å². The van der Waals surface area contributed by atoms with Crippen LogP contribution in [0.3, 0.4) is 0 Å². The highest BCUT2D eigenvalue weighted by atomic mass is 31.2. The molecule has 6 N–H and O–H groups in total. The zero-order chi connectivity index (χ0) is 40.0. The second-order valence-electron chi connectivity index (χ2n) is 14.8. The quantitative estimate of drug-likeness (QED) is 0.0190. The highest BCUT2D eigenvalue weighted by molar-refractivity contribution is 7.47. The maximum Gasteiger partial charge on any atom is 0.472 e. The van der Waals surface area contributed by atoms with E-state index in [-0.39, 0.29) is 57.6 Å². The molecule has 0 saturated heterocycles. The minimum Gasteiger partial charge on any atom is -0.462 e. The molecule has 316 valence electrons. The van der Waals surface area contributed by atoms with Crippen LogP contribution < -0.4 is 5.73 Å². The number of phosphoric acid groups is 1. The zero-order valence-electron chi connectivity index (χ0n) is 33.3. The minimum atomic E-state index is -4.47. The van der Waals surface area contributed by atoms with Gasteiger partial charge in [-0.25, -0.2) is 4.57 Å². The van der Waals surface area contributed by atoms with Crippen molar-refractivity contribution in [2.75, 3.05) is 26.4 Å². The van der Waals surface area contributed by atoms with Gasteiger partial charge in [-0.1, -0.05) is 116 Å². The molecule has 14 heteroatoms. The third kappa shape index (κ3) is 25.5. The van der Waals surface area contributed by atoms with Gasteiger partial charge in [0, 0.05) is 50.5 Å². The van der Waals surface area contributed by atoms with Crippen molar-refractivity contribution >= 4 is 25.5 Å². The highest BCUT2D eigenvalue weighted by Gasteiger charge is 2.41. The van der Waals surface area contributed by atoms with Crippen molar-refractivity contribution in [3.63, 3.8) is 0 Å². The third-order valence-electron chi connectivity index (χ3n) is 9.88. The zero-order valence-corrected chi connectivity index (χ0v) is 34.2. The lowest BCUT2D eigenvalue weighted by Crippen LogP contribution is -2.29. The van der Waals surface area contributed by atoms with Gasteiger partial charge in [-0.3, -0.25) is 23.4 Å². The molecule has 0 aliphatic heterocycles. The molecule has 0 spiro atoms. The topological polar surface area (TPSA) is 212 Å². The van der Waals surface area contributed by atoms with E-state index >= 15 is 0 Å². The molecule has 1 aliphatic carbocycles. The summed E-state index contributed by atoms with van der Waals surface area (Å²) in [5, 5.41) is 31.3. The van der Waals surface area contributed by atoms with Gasteiger partial charge in [0.1, 0.15) is 12.4 Å². The van der Waals surface area contributed by atoms with Crippen LogP contribution >= 0.6 is 7.82 Å². The number of nitrogens with two attached hydrogens (primary N) is 1. The molecule has 0 aromatic rings. The van der Waals surface area contributed by atoms with Crippen molar-refractivity contribution < 1.29 is 57.7 Å². The Morgan fingerprint density at radius 2 is 1.31 bits per heavy atom. The molecule has 1 rings (SSSR count). The SMILES string of the molecule is CCCCCCCCCCCCCCC(=O)OC[C@H](COP(=O)(O)OCCN)OC(=O)CCCCC(=O)C[C@@H]1[C@@H](/C=C/[C@@H](O)CCCCC)[C@H](O)C[C@@H]1O. The predicted octanol–water partition coefficient (Wildman–Crippen LogP) is 7.00. The Labute approximate surface area is 324 Å². The number of carbonyl (C=O) groups is 3. The molecule has 0 amide bonds. The first-order chi connectivity index (χ1) is 25.9. The Bertz CT molecular complexity index is 1080. The molecule has 1 unspecified atom stereocenters. The Morgan fingerprint density at radius 1 is 0.759 bits per heavy atom. The van der Waals surface area contributed by atoms with Crippen molar-refractivity contribution in [2.45, 2.75) is 186 Å². The molecule has 1 aliphatic rings. The smallest absolute Gasteiger partial charge is 0.462 e. The fourth-order valence-electron chi connectivity index (χ4n) is 6.69. The average Bonchev–Trinajstić information content (AvgIpc) is 3.40. The number of hydrogen-bond acceptors (Lipinski definition) is 12. The van der Waals surface area contributed by atoms with Gasteiger partial charge >= 0.3 is 19.8 Å². The van der Waals surface area contributed by atoms with Gasteiger partial charge in [-0.15, -0.1) is 0 Å². The predicted molar refractivity (Wildman–Crippen MR) is 208 cm³/mol. The van der Waals surface area contributed by atoms with Gasteiger partial charge in [-0.05, 0) is 25.7 Å². The summed E-state index contributed by atoms with van der Waals surface area (Å²) in [7, 11) is -4.47. The van der Waals surface area contributed by atoms with E-state index in [0.717, 1.165) is 38.5 Å². The molecule has 54 heavy (non-hydrogen) atoms. The van der Waals surface area contributed by atoms with Gasteiger partial charge in [0.05, 0.1) is 31.5 Å². The average molecular weight is 792 g/mol. The molecule has 0 radical (unpaired) electrons. The van der Waals surface area contributed by atoms with Crippen LogP contribution in [-0.2, 0) is 37.5 Å². The number of aliphatic hydroxyl groups excluding tert-OH is 3. The molecule has 0 bridgehead atoms. The molecule has 1 saturated carbocycles. The van der Waals surface area contributed by atoms with E-state index < -0.39 is 62.6 Å². The molecular formula is C40H74NO12P. The van der Waals surface area contributed by atoms with Gasteiger partial charge < -0.3 is 35.4 Å². The minimum absolute atomic E-state index is 0.00425. The van der Waals surface area contributed by atoms with E-state index in [2.05, 4.69) is 13.8 Å². The number of ketones is 1. The number of hydrogen-bond donors (Lipinski definition) is 5. The van der Waals surface area contributed by atoms with Crippen LogP contribution in [0.15, 0.2) is 12.2 Å². The first-order valence-corrected chi connectivity index (χ1v) is 22.3. The molecular weight excluding hydrogens is 717 g/mol. The number of esters is 2. The van der Waals surface area contributed by atoms with E-state index in [0.29, 0.717) is 25.7 Å². The monoisotopic (exact) mass is 791 g/mol. The van der Waals surface area contributed by atoms with E-state index in [1.54, 1.807) is 12.2 Å². The van der Waals surface area contributed by atoms with Crippen molar-refractivity contribution in [2.24, 2.45) is 17.6 Å². The Kier molecular flexibility index (Phi) is 29.3. The first-order valence-electron chi connectivity index (χ1n) is 20.8. The summed E-state index contributed by atoms with van der Waals surface area (Å²) in [6.45, 7) is 3.18. The standard InChI is InChI=1S/C40H74NO12P/c1-3-5-7-8-9-10-11-12-13-14-15-17-22-39(46)50-30-34(31-52-54(48,49)51-27-26-41)53-40(47)23-19-18-21-33(43)28-36-35(37(44)29-38(36)45)25-24-32(42)20-16-6-4-2/h24-25,32,34-38,42,44-45H,3-23,26-31,41H2,1-2H3,(H,48,49)/b25-24+/t32-,34+,35+,36+,37+,38-/m0/s1. The van der Waals surface area contributed by atoms with Crippen molar-refractivity contribution in [1.29, 1.82) is 0 Å². The van der Waals surface area contributed by atoms with Crippen molar-refractivity contribution in [3.05, 3.63) is 12.2 Å². The summed E-state index contributed by atoms with van der Waals surface area (Å²) in [5.41, 5.74) is 5.32. The van der Waals surface area contributed by atoms with Crippen molar-refractivity contribution in [1.82, 2.24) is 0 Å². The summed E-state index contributed by atoms with van der Waals surface area (Å²) < 4.78 is 32.6. The highest BCUT2D eigenvalue weighted by Crippen LogP contribution is 2.43. The second kappa shape index (κ2) is 31.4. The number of phosphoric ester groups is 1.